The number of aryl methyl sites for hydroxylation is 1. The lowest BCUT2D eigenvalue weighted by Crippen LogP contribution is -2.31. The number of hydrogen-bond donors (Lipinski definition) is 1. The average molecular weight is 224 g/mol. The maximum absolute atomic E-state index is 4.55. The van der Waals surface area contributed by atoms with E-state index in [2.05, 4.69) is 29.7 Å². The Labute approximate surface area is 96.1 Å². The molecule has 0 aromatic carbocycles. The summed E-state index contributed by atoms with van der Waals surface area (Å²) in [7, 11) is 2.08. The van der Waals surface area contributed by atoms with E-state index in [1.165, 1.54) is 42.8 Å². The van der Waals surface area contributed by atoms with E-state index in [1.807, 2.05) is 11.3 Å². The van der Waals surface area contributed by atoms with Gasteiger partial charge in [-0.05, 0) is 39.2 Å². The zero-order chi connectivity index (χ0) is 10.7. The van der Waals surface area contributed by atoms with Crippen LogP contribution in [-0.4, -0.2) is 18.1 Å². The van der Waals surface area contributed by atoms with Crippen LogP contribution in [0, 0.1) is 12.8 Å². The van der Waals surface area contributed by atoms with Crippen molar-refractivity contribution >= 4 is 11.3 Å². The minimum absolute atomic E-state index is 0.741. The van der Waals surface area contributed by atoms with Crippen molar-refractivity contribution in [1.29, 1.82) is 0 Å². The van der Waals surface area contributed by atoms with Crippen LogP contribution in [0.4, 0.5) is 0 Å². The molecule has 0 saturated heterocycles. The van der Waals surface area contributed by atoms with Crippen molar-refractivity contribution in [3.8, 4) is 0 Å². The van der Waals surface area contributed by atoms with E-state index in [1.54, 1.807) is 0 Å². The molecule has 2 atom stereocenters. The van der Waals surface area contributed by atoms with E-state index in [0.717, 1.165) is 12.0 Å². The summed E-state index contributed by atoms with van der Waals surface area (Å²) in [6.07, 6.45) is 6.63. The Hall–Kier alpha value is -0.410. The number of nitrogens with one attached hydrogen (secondary N) is 1. The zero-order valence-corrected chi connectivity index (χ0v) is 10.4. The van der Waals surface area contributed by atoms with Crippen LogP contribution in [0.2, 0.25) is 0 Å². The van der Waals surface area contributed by atoms with Gasteiger partial charge in [-0.2, -0.15) is 0 Å². The van der Waals surface area contributed by atoms with Crippen LogP contribution in [0.25, 0.3) is 0 Å². The van der Waals surface area contributed by atoms with Crippen molar-refractivity contribution in [2.45, 2.75) is 45.1 Å². The Morgan fingerprint density at radius 3 is 3.07 bits per heavy atom. The molecule has 1 aliphatic rings. The molecule has 1 aromatic rings. The van der Waals surface area contributed by atoms with Gasteiger partial charge in [0.05, 0.1) is 5.01 Å². The quantitative estimate of drug-likeness (QED) is 0.854. The molecule has 1 heterocycles. The topological polar surface area (TPSA) is 24.9 Å². The molecule has 0 amide bonds. The summed E-state index contributed by atoms with van der Waals surface area (Å²) in [4.78, 5) is 4.55. The molecule has 0 radical (unpaired) electrons. The first kappa shape index (κ1) is 11.1. The molecule has 15 heavy (non-hydrogen) atoms. The van der Waals surface area contributed by atoms with Crippen molar-refractivity contribution < 1.29 is 0 Å². The van der Waals surface area contributed by atoms with Crippen LogP contribution in [0.5, 0.6) is 0 Å². The third-order valence-corrected chi connectivity index (χ3v) is 4.31. The maximum atomic E-state index is 4.55. The predicted molar refractivity (Wildman–Crippen MR) is 65.4 cm³/mol. The Balaban J connectivity index is 1.88. The first-order chi connectivity index (χ1) is 7.28. The molecule has 84 valence electrons. The number of nitrogens with zero attached hydrogens (tertiary/aromatic N) is 1. The van der Waals surface area contributed by atoms with Gasteiger partial charge in [-0.15, -0.1) is 11.3 Å². The highest BCUT2D eigenvalue weighted by atomic mass is 32.1. The summed E-state index contributed by atoms with van der Waals surface area (Å²) >= 11 is 1.82. The lowest BCUT2D eigenvalue weighted by atomic mass is 9.84. The van der Waals surface area contributed by atoms with E-state index < -0.39 is 0 Å². The SMILES string of the molecule is CNC1CCCC(Cc2nc(C)cs2)C1. The van der Waals surface area contributed by atoms with E-state index >= 15 is 0 Å². The van der Waals surface area contributed by atoms with Gasteiger partial charge in [-0.25, -0.2) is 4.98 Å². The van der Waals surface area contributed by atoms with Crippen LogP contribution in [0.1, 0.15) is 36.4 Å². The smallest absolute Gasteiger partial charge is 0.0930 e. The zero-order valence-electron chi connectivity index (χ0n) is 9.62. The first-order valence-electron chi connectivity index (χ1n) is 5.86. The molecule has 0 spiro atoms. The number of aromatic nitrogens is 1. The van der Waals surface area contributed by atoms with Crippen molar-refractivity contribution in [3.63, 3.8) is 0 Å². The summed E-state index contributed by atoms with van der Waals surface area (Å²) in [5.74, 6) is 0.849. The van der Waals surface area contributed by atoms with Gasteiger partial charge in [-0.1, -0.05) is 6.42 Å². The molecule has 0 bridgehead atoms. The molecule has 2 nitrogen and oxygen atoms in total. The molecule has 1 aromatic heterocycles. The third kappa shape index (κ3) is 3.02. The van der Waals surface area contributed by atoms with E-state index in [-0.39, 0.29) is 0 Å². The Morgan fingerprint density at radius 1 is 1.53 bits per heavy atom. The van der Waals surface area contributed by atoms with Crippen molar-refractivity contribution in [2.24, 2.45) is 5.92 Å². The third-order valence-electron chi connectivity index (χ3n) is 3.32. The minimum atomic E-state index is 0.741. The van der Waals surface area contributed by atoms with E-state index in [4.69, 9.17) is 0 Å². The van der Waals surface area contributed by atoms with Crippen molar-refractivity contribution in [2.75, 3.05) is 7.05 Å². The molecule has 0 aliphatic heterocycles. The van der Waals surface area contributed by atoms with Crippen LogP contribution in [-0.2, 0) is 6.42 Å². The van der Waals surface area contributed by atoms with Gasteiger partial charge in [0.25, 0.3) is 0 Å². The van der Waals surface area contributed by atoms with Crippen molar-refractivity contribution in [3.05, 3.63) is 16.1 Å². The predicted octanol–water partition coefficient (Wildman–Crippen LogP) is 2.77. The molecule has 1 aliphatic carbocycles. The molecule has 2 unspecified atom stereocenters. The second-order valence-corrected chi connectivity index (χ2v) is 5.55. The molecule has 1 fully saturated rings. The monoisotopic (exact) mass is 224 g/mol. The second-order valence-electron chi connectivity index (χ2n) is 4.60. The molecular formula is C12H20N2S. The highest BCUT2D eigenvalue weighted by molar-refractivity contribution is 7.09. The Morgan fingerprint density at radius 2 is 2.40 bits per heavy atom. The Bertz CT molecular complexity index is 308. The largest absolute Gasteiger partial charge is 0.317 e. The van der Waals surface area contributed by atoms with Crippen LogP contribution < -0.4 is 5.32 Å². The fourth-order valence-electron chi connectivity index (χ4n) is 2.48. The lowest BCUT2D eigenvalue weighted by Gasteiger charge is -2.28. The van der Waals surface area contributed by atoms with Crippen molar-refractivity contribution in [1.82, 2.24) is 10.3 Å². The van der Waals surface area contributed by atoms with Crippen LogP contribution >= 0.6 is 11.3 Å². The standard InChI is InChI=1S/C12H20N2S/c1-9-8-15-12(14-9)7-10-4-3-5-11(6-10)13-2/h8,10-11,13H,3-7H2,1-2H3. The molecule has 3 heteroatoms. The lowest BCUT2D eigenvalue weighted by molar-refractivity contribution is 0.294. The number of thiazole rings is 1. The molecule has 1 N–H and O–H groups in total. The highest BCUT2D eigenvalue weighted by Crippen LogP contribution is 2.28. The number of hydrogen-bond acceptors (Lipinski definition) is 3. The highest BCUT2D eigenvalue weighted by Gasteiger charge is 2.21. The van der Waals surface area contributed by atoms with E-state index in [0.29, 0.717) is 0 Å². The molecular weight excluding hydrogens is 204 g/mol. The Kier molecular flexibility index (Phi) is 3.76. The molecule has 1 saturated carbocycles. The van der Waals surface area contributed by atoms with Gasteiger partial charge < -0.3 is 5.32 Å². The summed E-state index contributed by atoms with van der Waals surface area (Å²) in [6, 6.07) is 0.741. The maximum Gasteiger partial charge on any atom is 0.0930 e. The fourth-order valence-corrected chi connectivity index (χ4v) is 3.37. The van der Waals surface area contributed by atoms with Gasteiger partial charge in [-0.3, -0.25) is 0 Å². The van der Waals surface area contributed by atoms with Crippen LogP contribution in [0.3, 0.4) is 0 Å². The van der Waals surface area contributed by atoms with Gasteiger partial charge in [0.2, 0.25) is 0 Å². The van der Waals surface area contributed by atoms with Gasteiger partial charge in [0.15, 0.2) is 0 Å². The normalized spacial score (nSPS) is 26.8. The second kappa shape index (κ2) is 5.08. The summed E-state index contributed by atoms with van der Waals surface area (Å²) in [5.41, 5.74) is 1.18. The average Bonchev–Trinajstić information content (AvgIpc) is 2.64. The summed E-state index contributed by atoms with van der Waals surface area (Å²) < 4.78 is 0. The van der Waals surface area contributed by atoms with Gasteiger partial charge in [0.1, 0.15) is 0 Å². The summed E-state index contributed by atoms with van der Waals surface area (Å²) in [6.45, 7) is 2.08. The van der Waals surface area contributed by atoms with Gasteiger partial charge >= 0.3 is 0 Å². The minimum Gasteiger partial charge on any atom is -0.317 e. The number of rotatable bonds is 3. The van der Waals surface area contributed by atoms with Gasteiger partial charge in [0, 0.05) is 23.5 Å². The first-order valence-corrected chi connectivity index (χ1v) is 6.74. The molecule has 2 rings (SSSR count). The summed E-state index contributed by atoms with van der Waals surface area (Å²) in [5, 5.41) is 6.90. The van der Waals surface area contributed by atoms with Crippen LogP contribution in [0.15, 0.2) is 5.38 Å². The fraction of sp³-hybridized carbons (Fsp3) is 0.750. The van der Waals surface area contributed by atoms with E-state index in [9.17, 15) is 0 Å².